The highest BCUT2D eigenvalue weighted by Gasteiger charge is 2.30. The SMILES string of the molecule is CCCC(=S)C1NCCc2cc(NC(=O)Oc3ccccc3-c3ccc(C(F)(F)F)cc3)ccc21. The maximum atomic E-state index is 12.9. The van der Waals surface area contributed by atoms with Gasteiger partial charge in [0.25, 0.3) is 0 Å². The third-order valence-electron chi connectivity index (χ3n) is 5.87. The molecule has 1 aliphatic rings. The largest absolute Gasteiger partial charge is 0.417 e. The number of thiocarbonyl (C=S) groups is 1. The van der Waals surface area contributed by atoms with Crippen LogP contribution in [-0.4, -0.2) is 17.5 Å². The Bertz CT molecular complexity index is 1230. The number of fused-ring (bicyclic) bond motifs is 1. The zero-order valence-electron chi connectivity index (χ0n) is 19.1. The van der Waals surface area contributed by atoms with E-state index < -0.39 is 17.8 Å². The Morgan fingerprint density at radius 2 is 1.86 bits per heavy atom. The summed E-state index contributed by atoms with van der Waals surface area (Å²) in [5.74, 6) is 0.247. The van der Waals surface area contributed by atoms with Crippen molar-refractivity contribution >= 4 is 28.9 Å². The molecule has 8 heteroatoms. The molecule has 2 N–H and O–H groups in total. The number of alkyl halides is 3. The van der Waals surface area contributed by atoms with E-state index in [1.807, 2.05) is 18.2 Å². The van der Waals surface area contributed by atoms with Crippen molar-refractivity contribution in [2.24, 2.45) is 0 Å². The summed E-state index contributed by atoms with van der Waals surface area (Å²) in [7, 11) is 0. The molecule has 0 saturated carbocycles. The Kier molecular flexibility index (Phi) is 7.52. The van der Waals surface area contributed by atoms with E-state index in [-0.39, 0.29) is 11.8 Å². The van der Waals surface area contributed by atoms with Crippen molar-refractivity contribution in [3.8, 4) is 16.9 Å². The van der Waals surface area contributed by atoms with Crippen molar-refractivity contribution in [2.45, 2.75) is 38.4 Å². The number of anilines is 1. The smallest absolute Gasteiger partial charge is 0.409 e. The first-order valence-electron chi connectivity index (χ1n) is 11.4. The fourth-order valence-corrected chi connectivity index (χ4v) is 4.61. The number of carbonyl (C=O) groups is 1. The van der Waals surface area contributed by atoms with Crippen LogP contribution < -0.4 is 15.4 Å². The van der Waals surface area contributed by atoms with Gasteiger partial charge in [-0.25, -0.2) is 4.79 Å². The quantitative estimate of drug-likeness (QED) is 0.349. The van der Waals surface area contributed by atoms with Gasteiger partial charge in [0.2, 0.25) is 0 Å². The van der Waals surface area contributed by atoms with E-state index in [0.29, 0.717) is 16.8 Å². The lowest BCUT2D eigenvalue weighted by atomic mass is 9.91. The number of amides is 1. The van der Waals surface area contributed by atoms with E-state index in [9.17, 15) is 18.0 Å². The Balaban J connectivity index is 1.49. The average molecular weight is 499 g/mol. The number of rotatable bonds is 6. The van der Waals surface area contributed by atoms with Gasteiger partial charge >= 0.3 is 12.3 Å². The van der Waals surface area contributed by atoms with Gasteiger partial charge < -0.3 is 10.1 Å². The summed E-state index contributed by atoms with van der Waals surface area (Å²) < 4.78 is 44.2. The Labute approximate surface area is 207 Å². The number of halogens is 3. The molecule has 35 heavy (non-hydrogen) atoms. The van der Waals surface area contributed by atoms with Gasteiger partial charge in [-0.05, 0) is 59.9 Å². The first kappa shape index (κ1) is 24.9. The van der Waals surface area contributed by atoms with Crippen LogP contribution in [0.5, 0.6) is 5.75 Å². The fourth-order valence-electron chi connectivity index (χ4n) is 4.20. The standard InChI is InChI=1S/C27H25F3N2O2S/c1-2-5-24(35)25-22-13-12-20(16-18(22)14-15-31-25)32-26(33)34-23-7-4-3-6-21(23)17-8-10-19(11-9-17)27(28,29)30/h3-4,6-13,16,25,31H,2,5,14-15H2,1H3,(H,32,33). The molecule has 3 aromatic rings. The molecule has 0 aromatic heterocycles. The third kappa shape index (κ3) is 5.89. The van der Waals surface area contributed by atoms with Crippen molar-refractivity contribution in [1.82, 2.24) is 5.32 Å². The third-order valence-corrected chi connectivity index (χ3v) is 6.31. The lowest BCUT2D eigenvalue weighted by molar-refractivity contribution is -0.137. The van der Waals surface area contributed by atoms with E-state index in [2.05, 4.69) is 17.6 Å². The van der Waals surface area contributed by atoms with Gasteiger partial charge in [-0.3, -0.25) is 5.32 Å². The van der Waals surface area contributed by atoms with Crippen LogP contribution in [0.2, 0.25) is 0 Å². The second-order valence-corrected chi connectivity index (χ2v) is 8.88. The minimum absolute atomic E-state index is 0.0327. The second-order valence-electron chi connectivity index (χ2n) is 8.35. The number of hydrogen-bond donors (Lipinski definition) is 2. The summed E-state index contributed by atoms with van der Waals surface area (Å²) in [4.78, 5) is 13.6. The second kappa shape index (κ2) is 10.6. The van der Waals surface area contributed by atoms with E-state index in [1.165, 1.54) is 12.1 Å². The van der Waals surface area contributed by atoms with Gasteiger partial charge in [0.15, 0.2) is 0 Å². The predicted molar refractivity (Wildman–Crippen MR) is 135 cm³/mol. The topological polar surface area (TPSA) is 50.4 Å². The van der Waals surface area contributed by atoms with Gasteiger partial charge in [-0.2, -0.15) is 13.2 Å². The number of carbonyl (C=O) groups excluding carboxylic acids is 1. The maximum absolute atomic E-state index is 12.9. The number of nitrogens with one attached hydrogen (secondary N) is 2. The Morgan fingerprint density at radius 3 is 2.57 bits per heavy atom. The number of para-hydroxylation sites is 1. The summed E-state index contributed by atoms with van der Waals surface area (Å²) in [6, 6.07) is 17.2. The molecule has 0 radical (unpaired) electrons. The minimum Gasteiger partial charge on any atom is -0.409 e. The molecule has 182 valence electrons. The van der Waals surface area contributed by atoms with Crippen LogP contribution in [0.3, 0.4) is 0 Å². The van der Waals surface area contributed by atoms with Gasteiger partial charge in [0.1, 0.15) is 5.75 Å². The van der Waals surface area contributed by atoms with Gasteiger partial charge in [-0.15, -0.1) is 0 Å². The van der Waals surface area contributed by atoms with Gasteiger partial charge in [0.05, 0.1) is 11.6 Å². The first-order valence-corrected chi connectivity index (χ1v) is 11.8. The van der Waals surface area contributed by atoms with Crippen LogP contribution in [0.15, 0.2) is 66.7 Å². The molecule has 1 unspecified atom stereocenters. The molecule has 3 aromatic carbocycles. The normalized spacial score (nSPS) is 15.3. The molecular weight excluding hydrogens is 473 g/mol. The molecule has 4 nitrogen and oxygen atoms in total. The molecule has 0 saturated heterocycles. The summed E-state index contributed by atoms with van der Waals surface area (Å²) >= 11 is 5.59. The van der Waals surface area contributed by atoms with Crippen molar-refractivity contribution in [1.29, 1.82) is 0 Å². The molecule has 1 heterocycles. The number of ether oxygens (including phenoxy) is 1. The van der Waals surface area contributed by atoms with Crippen molar-refractivity contribution < 1.29 is 22.7 Å². The zero-order chi connectivity index (χ0) is 25.0. The van der Waals surface area contributed by atoms with Crippen LogP contribution in [0.1, 0.15) is 42.5 Å². The van der Waals surface area contributed by atoms with Crippen LogP contribution in [0, 0.1) is 0 Å². The van der Waals surface area contributed by atoms with Crippen molar-refractivity contribution in [3.63, 3.8) is 0 Å². The minimum atomic E-state index is -4.42. The number of benzene rings is 3. The van der Waals surface area contributed by atoms with Crippen LogP contribution in [-0.2, 0) is 12.6 Å². The molecule has 0 fully saturated rings. The summed E-state index contributed by atoms with van der Waals surface area (Å²) in [5.41, 5.74) is 3.13. The highest BCUT2D eigenvalue weighted by atomic mass is 32.1. The molecule has 0 spiro atoms. The molecular formula is C27H25F3N2O2S. The zero-order valence-corrected chi connectivity index (χ0v) is 19.9. The van der Waals surface area contributed by atoms with Crippen molar-refractivity contribution in [2.75, 3.05) is 11.9 Å². The van der Waals surface area contributed by atoms with E-state index in [0.717, 1.165) is 53.9 Å². The number of hydrogen-bond acceptors (Lipinski definition) is 4. The summed E-state index contributed by atoms with van der Waals surface area (Å²) in [6.45, 7) is 2.90. The summed E-state index contributed by atoms with van der Waals surface area (Å²) in [6.07, 6.45) is -2.42. The molecule has 4 rings (SSSR count). The van der Waals surface area contributed by atoms with Gasteiger partial charge in [0, 0.05) is 22.7 Å². The van der Waals surface area contributed by atoms with Gasteiger partial charge in [-0.1, -0.05) is 62.0 Å². The molecule has 1 aliphatic heterocycles. The summed E-state index contributed by atoms with van der Waals surface area (Å²) in [5, 5.41) is 6.22. The average Bonchev–Trinajstić information content (AvgIpc) is 2.83. The van der Waals surface area contributed by atoms with Crippen molar-refractivity contribution in [3.05, 3.63) is 83.4 Å². The highest BCUT2D eigenvalue weighted by Crippen LogP contribution is 2.34. The molecule has 0 bridgehead atoms. The lowest BCUT2D eigenvalue weighted by Gasteiger charge is -2.28. The lowest BCUT2D eigenvalue weighted by Crippen LogP contribution is -2.34. The molecule has 1 amide bonds. The molecule has 0 aliphatic carbocycles. The van der Waals surface area contributed by atoms with E-state index >= 15 is 0 Å². The predicted octanol–water partition coefficient (Wildman–Crippen LogP) is 7.34. The first-order chi connectivity index (χ1) is 16.8. The Morgan fingerprint density at radius 1 is 1.11 bits per heavy atom. The van der Waals surface area contributed by atoms with E-state index in [4.69, 9.17) is 17.0 Å². The monoisotopic (exact) mass is 498 g/mol. The molecule has 1 atom stereocenters. The fraction of sp³-hybridized carbons (Fsp3) is 0.259. The van der Waals surface area contributed by atoms with Crippen LogP contribution in [0.4, 0.5) is 23.7 Å². The van der Waals surface area contributed by atoms with Crippen LogP contribution in [0.25, 0.3) is 11.1 Å². The Hall–Kier alpha value is -3.23. The van der Waals surface area contributed by atoms with E-state index in [1.54, 1.807) is 24.3 Å². The van der Waals surface area contributed by atoms with Crippen LogP contribution >= 0.6 is 12.2 Å². The highest BCUT2D eigenvalue weighted by molar-refractivity contribution is 7.80. The maximum Gasteiger partial charge on any atom is 0.417 e.